The van der Waals surface area contributed by atoms with Gasteiger partial charge < -0.3 is 18.7 Å². The van der Waals surface area contributed by atoms with Crippen LogP contribution in [0, 0.1) is 0 Å². The van der Waals surface area contributed by atoms with Gasteiger partial charge in [0.25, 0.3) is 5.08 Å². The maximum atomic E-state index is 13.5. The molecule has 9 nitrogen and oxygen atoms in total. The Bertz CT molecular complexity index is 623. The lowest BCUT2D eigenvalue weighted by Crippen LogP contribution is -2.42. The molecule has 0 radical (unpaired) electrons. The molecular formula is C11H24N4O5P2. The van der Waals surface area contributed by atoms with E-state index in [1.165, 1.54) is 40.6 Å². The normalized spacial score (nSPS) is 22.6. The van der Waals surface area contributed by atoms with Gasteiger partial charge in [0.05, 0.1) is 15.6 Å². The lowest BCUT2D eigenvalue weighted by Gasteiger charge is -2.43. The van der Waals surface area contributed by atoms with E-state index in [-0.39, 0.29) is 0 Å². The molecule has 0 amide bonds. The monoisotopic (exact) mass is 356 g/mol. The molecule has 0 aliphatic heterocycles. The van der Waals surface area contributed by atoms with Crippen LogP contribution >= 0.6 is 15.0 Å². The second-order valence-electron chi connectivity index (χ2n) is 4.82. The SMILES string of the molecule is [2H]C([2H])(n1ccnc1)C(O)(P(=O)(OC)N(C)C)P(=O)(OC)N(C)C. The number of aromatic nitrogens is 2. The van der Waals surface area contributed by atoms with Crippen LogP contribution in [0.1, 0.15) is 2.74 Å². The molecule has 0 bridgehead atoms. The van der Waals surface area contributed by atoms with Gasteiger partial charge >= 0.3 is 15.0 Å². The Hall–Kier alpha value is -0.530. The van der Waals surface area contributed by atoms with Gasteiger partial charge in [-0.1, -0.05) is 0 Å². The Labute approximate surface area is 133 Å². The molecule has 1 rings (SSSR count). The second-order valence-corrected chi connectivity index (χ2v) is 10.9. The molecule has 0 aliphatic rings. The predicted octanol–water partition coefficient (Wildman–Crippen LogP) is 1.33. The minimum atomic E-state index is -4.41. The van der Waals surface area contributed by atoms with E-state index in [1.54, 1.807) is 0 Å². The van der Waals surface area contributed by atoms with Gasteiger partial charge in [0.1, 0.15) is 0 Å². The van der Waals surface area contributed by atoms with Crippen molar-refractivity contribution >= 4 is 15.0 Å². The summed E-state index contributed by atoms with van der Waals surface area (Å²) in [6.45, 7) is -2.84. The third-order valence-electron chi connectivity index (χ3n) is 3.12. The average Bonchev–Trinajstić information content (AvgIpc) is 3.06. The Morgan fingerprint density at radius 2 is 1.68 bits per heavy atom. The molecule has 128 valence electrons. The van der Waals surface area contributed by atoms with E-state index in [0.29, 0.717) is 0 Å². The van der Waals surface area contributed by atoms with Gasteiger partial charge in [-0.2, -0.15) is 0 Å². The van der Waals surface area contributed by atoms with E-state index in [1.807, 2.05) is 0 Å². The smallest absolute Gasteiger partial charge is 0.315 e. The lowest BCUT2D eigenvalue weighted by molar-refractivity contribution is 0.119. The van der Waals surface area contributed by atoms with E-state index in [4.69, 9.17) is 11.8 Å². The number of hydrogen-bond acceptors (Lipinski definition) is 6. The Balaban J connectivity index is 3.91. The number of imidazole rings is 1. The zero-order valence-electron chi connectivity index (χ0n) is 15.5. The Morgan fingerprint density at radius 3 is 1.95 bits per heavy atom. The molecule has 0 aromatic carbocycles. The van der Waals surface area contributed by atoms with Crippen molar-refractivity contribution < 1.29 is 26.0 Å². The molecule has 1 aromatic heterocycles. The van der Waals surface area contributed by atoms with Crippen molar-refractivity contribution in [3.05, 3.63) is 18.7 Å². The van der Waals surface area contributed by atoms with Gasteiger partial charge in [-0.25, -0.2) is 14.3 Å². The highest BCUT2D eigenvalue weighted by atomic mass is 31.2. The van der Waals surface area contributed by atoms with Crippen LogP contribution in [-0.4, -0.2) is 71.5 Å². The van der Waals surface area contributed by atoms with Gasteiger partial charge in [-0.15, -0.1) is 0 Å². The molecule has 1 heterocycles. The van der Waals surface area contributed by atoms with Crippen LogP contribution in [0.2, 0.25) is 0 Å². The molecule has 0 aliphatic carbocycles. The summed E-state index contributed by atoms with van der Waals surface area (Å²) in [6, 6.07) is 0. The first-order chi connectivity index (χ1) is 10.9. The van der Waals surface area contributed by atoms with Gasteiger partial charge in [-0.05, 0) is 28.2 Å². The topological polar surface area (TPSA) is 97.1 Å². The predicted molar refractivity (Wildman–Crippen MR) is 83.8 cm³/mol. The number of aliphatic hydroxyl groups is 1. The zero-order valence-corrected chi connectivity index (χ0v) is 15.3. The van der Waals surface area contributed by atoms with Crippen LogP contribution in [0.5, 0.6) is 0 Å². The van der Waals surface area contributed by atoms with E-state index in [2.05, 4.69) is 4.98 Å². The third kappa shape index (κ3) is 2.95. The van der Waals surface area contributed by atoms with Crippen molar-refractivity contribution in [1.82, 2.24) is 18.9 Å². The van der Waals surface area contributed by atoms with Gasteiger partial charge in [0.15, 0.2) is 0 Å². The number of hydrogen-bond donors (Lipinski definition) is 1. The van der Waals surface area contributed by atoms with Crippen molar-refractivity contribution in [3.8, 4) is 0 Å². The third-order valence-corrected chi connectivity index (χ3v) is 9.51. The van der Waals surface area contributed by atoms with Crippen molar-refractivity contribution in [3.63, 3.8) is 0 Å². The highest BCUT2D eigenvalue weighted by molar-refractivity contribution is 7.76. The largest absolute Gasteiger partial charge is 0.368 e. The van der Waals surface area contributed by atoms with Crippen LogP contribution in [-0.2, 0) is 24.7 Å². The van der Waals surface area contributed by atoms with E-state index >= 15 is 0 Å². The highest BCUT2D eigenvalue weighted by Gasteiger charge is 2.64. The second kappa shape index (κ2) is 6.93. The average molecular weight is 356 g/mol. The van der Waals surface area contributed by atoms with Crippen molar-refractivity contribution in [2.45, 2.75) is 11.6 Å². The molecule has 1 aromatic rings. The molecule has 2 atom stereocenters. The summed E-state index contributed by atoms with van der Waals surface area (Å²) >= 11 is 0. The standard InChI is InChI=1S/C11H24N4O5P2/c1-13(2)21(17,19-5)11(16,9-15-8-7-12-10-15)22(18,20-6)14(3)4/h7-8,10,16H,9H2,1-6H3/i9D2. The minimum absolute atomic E-state index is 0.872. The summed E-state index contributed by atoms with van der Waals surface area (Å²) in [5.74, 6) is 0. The molecule has 1 N–H and O–H groups in total. The summed E-state index contributed by atoms with van der Waals surface area (Å²) in [7, 11) is -1.42. The van der Waals surface area contributed by atoms with Crippen LogP contribution in [0.25, 0.3) is 0 Å². The lowest BCUT2D eigenvalue weighted by atomic mass is 10.6. The first-order valence-electron chi connectivity index (χ1n) is 7.25. The molecule has 22 heavy (non-hydrogen) atoms. The zero-order chi connectivity index (χ0) is 19.0. The Morgan fingerprint density at radius 1 is 1.23 bits per heavy atom. The summed E-state index contributed by atoms with van der Waals surface area (Å²) < 4.78 is 56.7. The van der Waals surface area contributed by atoms with Crippen LogP contribution in [0.4, 0.5) is 0 Å². The Kier molecular flexibility index (Phi) is 5.14. The highest BCUT2D eigenvalue weighted by Crippen LogP contribution is 2.76. The van der Waals surface area contributed by atoms with Crippen molar-refractivity contribution in [2.75, 3.05) is 42.4 Å². The fourth-order valence-electron chi connectivity index (χ4n) is 1.92. The quantitative estimate of drug-likeness (QED) is 0.697. The van der Waals surface area contributed by atoms with Crippen molar-refractivity contribution in [2.24, 2.45) is 0 Å². The summed E-state index contributed by atoms with van der Waals surface area (Å²) in [5.41, 5.74) is 0. The molecular weight excluding hydrogens is 330 g/mol. The van der Waals surface area contributed by atoms with Crippen molar-refractivity contribution in [1.29, 1.82) is 0 Å². The maximum Gasteiger partial charge on any atom is 0.315 e. The van der Waals surface area contributed by atoms with E-state index in [0.717, 1.165) is 34.5 Å². The molecule has 0 fully saturated rings. The van der Waals surface area contributed by atoms with Crippen LogP contribution < -0.4 is 0 Å². The molecule has 0 spiro atoms. The minimum Gasteiger partial charge on any atom is -0.368 e. The first kappa shape index (κ1) is 16.3. The maximum absolute atomic E-state index is 13.5. The fraction of sp³-hybridized carbons (Fsp3) is 0.727. The molecule has 0 saturated carbocycles. The number of nitrogens with zero attached hydrogens (tertiary/aromatic N) is 4. The van der Waals surface area contributed by atoms with E-state index in [9.17, 15) is 14.2 Å². The van der Waals surface area contributed by atoms with Gasteiger partial charge in [0, 0.05) is 26.6 Å². The summed E-state index contributed by atoms with van der Waals surface area (Å²) in [6.07, 6.45) is 3.58. The first-order valence-corrected chi connectivity index (χ1v) is 9.40. The van der Waals surface area contributed by atoms with Crippen LogP contribution in [0.15, 0.2) is 18.7 Å². The molecule has 0 saturated heterocycles. The van der Waals surface area contributed by atoms with Gasteiger partial charge in [0.2, 0.25) is 0 Å². The molecule has 11 heteroatoms. The number of rotatable bonds is 8. The molecule has 2 unspecified atom stereocenters. The fourth-order valence-corrected chi connectivity index (χ4v) is 7.53. The summed E-state index contributed by atoms with van der Waals surface area (Å²) in [4.78, 5) is 3.73. The van der Waals surface area contributed by atoms with E-state index < -0.39 is 26.6 Å². The van der Waals surface area contributed by atoms with Gasteiger partial charge in [-0.3, -0.25) is 9.13 Å². The summed E-state index contributed by atoms with van der Waals surface area (Å²) in [5, 5.41) is 8.36. The van der Waals surface area contributed by atoms with Crippen LogP contribution in [0.3, 0.4) is 0 Å².